The Morgan fingerprint density at radius 2 is 1.89 bits per heavy atom. The van der Waals surface area contributed by atoms with Gasteiger partial charge in [0, 0.05) is 18.7 Å². The van der Waals surface area contributed by atoms with Crippen molar-refractivity contribution in [2.24, 2.45) is 0 Å². The molecule has 2 aromatic rings. The molecule has 2 aromatic carbocycles. The number of esters is 1. The quantitative estimate of drug-likeness (QED) is 0.689. The van der Waals surface area contributed by atoms with Crippen molar-refractivity contribution >= 4 is 11.7 Å². The van der Waals surface area contributed by atoms with E-state index < -0.39 is 0 Å². The van der Waals surface area contributed by atoms with E-state index in [2.05, 4.69) is 0 Å². The van der Waals surface area contributed by atoms with Crippen molar-refractivity contribution in [3.63, 3.8) is 0 Å². The Bertz CT molecular complexity index is 727. The van der Waals surface area contributed by atoms with E-state index in [4.69, 9.17) is 14.2 Å². The molecule has 1 aliphatic heterocycles. The van der Waals surface area contributed by atoms with Crippen LogP contribution < -0.4 is 9.64 Å². The number of carbonyl (C=O) groups is 1. The van der Waals surface area contributed by atoms with Crippen LogP contribution in [-0.2, 0) is 20.8 Å². The average Bonchev–Trinajstić information content (AvgIpc) is 2.70. The average molecular weight is 373 g/mol. The van der Waals surface area contributed by atoms with Crippen molar-refractivity contribution in [3.8, 4) is 5.75 Å². The molecule has 1 heterocycles. The minimum atomic E-state index is -0.353. The molecule has 1 fully saturated rings. The fraction of sp³-hybridized carbons (Fsp3) is 0.381. The summed E-state index contributed by atoms with van der Waals surface area (Å²) in [4.78, 5) is 13.6. The van der Waals surface area contributed by atoms with Gasteiger partial charge in [0.2, 0.25) is 0 Å². The Hall–Kier alpha value is -2.60. The van der Waals surface area contributed by atoms with Gasteiger partial charge in [0.25, 0.3) is 0 Å². The zero-order valence-corrected chi connectivity index (χ0v) is 15.4. The Morgan fingerprint density at radius 1 is 1.15 bits per heavy atom. The van der Waals surface area contributed by atoms with Gasteiger partial charge in [-0.05, 0) is 54.8 Å². The largest absolute Gasteiger partial charge is 0.468 e. The minimum absolute atomic E-state index is 0.0797. The van der Waals surface area contributed by atoms with E-state index in [1.54, 1.807) is 12.1 Å². The maximum absolute atomic E-state index is 13.2. The molecule has 6 heteroatoms. The molecule has 5 nitrogen and oxygen atoms in total. The molecule has 0 bridgehead atoms. The Labute approximate surface area is 158 Å². The standard InChI is InChI=1S/C21H24FNO4/c1-25-20(24)15-23(18-9-7-17(22)8-10-18)14-16-5-11-19(12-6-16)27-21-4-2-3-13-26-21/h5-12,21H,2-4,13-15H2,1H3. The van der Waals surface area contributed by atoms with Gasteiger partial charge >= 0.3 is 5.97 Å². The third-order valence-electron chi connectivity index (χ3n) is 4.44. The number of benzene rings is 2. The molecule has 0 radical (unpaired) electrons. The molecule has 144 valence electrons. The molecule has 1 atom stereocenters. The fourth-order valence-electron chi connectivity index (χ4n) is 2.96. The molecule has 0 N–H and O–H groups in total. The summed E-state index contributed by atoms with van der Waals surface area (Å²) in [5.74, 6) is 0.0869. The highest BCUT2D eigenvalue weighted by Crippen LogP contribution is 2.22. The van der Waals surface area contributed by atoms with E-state index in [-0.39, 0.29) is 24.6 Å². The highest BCUT2D eigenvalue weighted by molar-refractivity contribution is 5.75. The van der Waals surface area contributed by atoms with Crippen LogP contribution in [0.3, 0.4) is 0 Å². The lowest BCUT2D eigenvalue weighted by molar-refractivity contribution is -0.139. The lowest BCUT2D eigenvalue weighted by atomic mass is 10.1. The molecular formula is C21H24FNO4. The molecule has 1 unspecified atom stereocenters. The fourth-order valence-corrected chi connectivity index (χ4v) is 2.96. The third kappa shape index (κ3) is 5.69. The highest BCUT2D eigenvalue weighted by Gasteiger charge is 2.16. The molecule has 1 aliphatic rings. The third-order valence-corrected chi connectivity index (χ3v) is 4.44. The van der Waals surface area contributed by atoms with Crippen LogP contribution in [0.1, 0.15) is 24.8 Å². The first-order chi connectivity index (χ1) is 13.1. The van der Waals surface area contributed by atoms with Crippen LogP contribution in [0, 0.1) is 5.82 Å². The molecule has 0 aromatic heterocycles. The molecule has 27 heavy (non-hydrogen) atoms. The summed E-state index contributed by atoms with van der Waals surface area (Å²) in [6, 6.07) is 13.7. The second-order valence-corrected chi connectivity index (χ2v) is 6.47. The number of carbonyl (C=O) groups excluding carboxylic acids is 1. The summed E-state index contributed by atoms with van der Waals surface area (Å²) in [6.07, 6.45) is 2.92. The van der Waals surface area contributed by atoms with Crippen LogP contribution in [0.5, 0.6) is 5.75 Å². The van der Waals surface area contributed by atoms with Gasteiger partial charge in [0.1, 0.15) is 18.1 Å². The van der Waals surface area contributed by atoms with Crippen molar-refractivity contribution in [1.29, 1.82) is 0 Å². The van der Waals surface area contributed by atoms with Crippen LogP contribution in [-0.4, -0.2) is 32.5 Å². The Balaban J connectivity index is 1.67. The predicted molar refractivity (Wildman–Crippen MR) is 100 cm³/mol. The number of rotatable bonds is 7. The highest BCUT2D eigenvalue weighted by atomic mass is 19.1. The Morgan fingerprint density at radius 3 is 2.52 bits per heavy atom. The number of methoxy groups -OCH3 is 1. The van der Waals surface area contributed by atoms with Gasteiger partial charge in [0.05, 0.1) is 13.7 Å². The maximum atomic E-state index is 13.2. The van der Waals surface area contributed by atoms with E-state index in [9.17, 15) is 9.18 Å². The number of nitrogens with zero attached hydrogens (tertiary/aromatic N) is 1. The van der Waals surface area contributed by atoms with Gasteiger partial charge in [-0.1, -0.05) is 12.1 Å². The van der Waals surface area contributed by atoms with Crippen molar-refractivity contribution in [2.75, 3.05) is 25.2 Å². The number of halogens is 1. The first-order valence-electron chi connectivity index (χ1n) is 9.08. The minimum Gasteiger partial charge on any atom is -0.468 e. The number of anilines is 1. The van der Waals surface area contributed by atoms with Gasteiger partial charge in [0.15, 0.2) is 6.29 Å². The van der Waals surface area contributed by atoms with E-state index >= 15 is 0 Å². The van der Waals surface area contributed by atoms with Crippen molar-refractivity contribution in [2.45, 2.75) is 32.1 Å². The van der Waals surface area contributed by atoms with Crippen LogP contribution in [0.2, 0.25) is 0 Å². The number of hydrogen-bond donors (Lipinski definition) is 0. The van der Waals surface area contributed by atoms with Crippen molar-refractivity contribution in [3.05, 3.63) is 59.9 Å². The summed E-state index contributed by atoms with van der Waals surface area (Å²) in [6.45, 7) is 1.31. The smallest absolute Gasteiger partial charge is 0.325 e. The summed E-state index contributed by atoms with van der Waals surface area (Å²) >= 11 is 0. The zero-order chi connectivity index (χ0) is 19.1. The van der Waals surface area contributed by atoms with Crippen molar-refractivity contribution < 1.29 is 23.4 Å². The molecule has 3 rings (SSSR count). The molecule has 0 aliphatic carbocycles. The molecular weight excluding hydrogens is 349 g/mol. The van der Waals surface area contributed by atoms with Gasteiger partial charge in [-0.15, -0.1) is 0 Å². The SMILES string of the molecule is COC(=O)CN(Cc1ccc(OC2CCCCO2)cc1)c1ccc(F)cc1. The summed E-state index contributed by atoms with van der Waals surface area (Å²) in [5, 5.41) is 0. The molecule has 0 amide bonds. The van der Waals surface area contributed by atoms with E-state index in [0.29, 0.717) is 6.54 Å². The first-order valence-corrected chi connectivity index (χ1v) is 9.08. The molecule has 0 saturated carbocycles. The molecule has 1 saturated heterocycles. The van der Waals surface area contributed by atoms with E-state index in [1.165, 1.54) is 19.2 Å². The van der Waals surface area contributed by atoms with Crippen molar-refractivity contribution in [1.82, 2.24) is 0 Å². The zero-order valence-electron chi connectivity index (χ0n) is 15.4. The van der Waals surface area contributed by atoms with E-state index in [1.807, 2.05) is 29.2 Å². The van der Waals surface area contributed by atoms with Crippen LogP contribution in [0.4, 0.5) is 10.1 Å². The van der Waals surface area contributed by atoms with Crippen LogP contribution in [0.25, 0.3) is 0 Å². The van der Waals surface area contributed by atoms with Gasteiger partial charge in [-0.2, -0.15) is 0 Å². The normalized spacial score (nSPS) is 16.6. The lowest BCUT2D eigenvalue weighted by Gasteiger charge is -2.25. The topological polar surface area (TPSA) is 48.0 Å². The summed E-state index contributed by atoms with van der Waals surface area (Å²) in [7, 11) is 1.35. The second kappa shape index (κ2) is 9.37. The van der Waals surface area contributed by atoms with E-state index in [0.717, 1.165) is 42.9 Å². The number of hydrogen-bond acceptors (Lipinski definition) is 5. The Kier molecular flexibility index (Phi) is 6.65. The second-order valence-electron chi connectivity index (χ2n) is 6.47. The first kappa shape index (κ1) is 19.2. The monoisotopic (exact) mass is 373 g/mol. The summed E-state index contributed by atoms with van der Waals surface area (Å²) < 4.78 is 29.4. The maximum Gasteiger partial charge on any atom is 0.325 e. The summed E-state index contributed by atoms with van der Waals surface area (Å²) in [5.41, 5.74) is 1.75. The molecule has 0 spiro atoms. The predicted octanol–water partition coefficient (Wildman–Crippen LogP) is 3.91. The lowest BCUT2D eigenvalue weighted by Crippen LogP contribution is -2.30. The number of ether oxygens (including phenoxy) is 3. The van der Waals surface area contributed by atoms with Crippen LogP contribution >= 0.6 is 0 Å². The van der Waals surface area contributed by atoms with Gasteiger partial charge < -0.3 is 19.1 Å². The van der Waals surface area contributed by atoms with Gasteiger partial charge in [-0.25, -0.2) is 4.39 Å². The van der Waals surface area contributed by atoms with Gasteiger partial charge in [-0.3, -0.25) is 4.79 Å². The van der Waals surface area contributed by atoms with Crippen LogP contribution in [0.15, 0.2) is 48.5 Å².